The Kier molecular flexibility index (Phi) is 5.73. The van der Waals surface area contributed by atoms with Crippen molar-refractivity contribution in [3.05, 3.63) is 53.3 Å². The van der Waals surface area contributed by atoms with Gasteiger partial charge in [0.15, 0.2) is 0 Å². The van der Waals surface area contributed by atoms with Crippen molar-refractivity contribution in [3.8, 4) is 0 Å². The maximum atomic E-state index is 12.5. The zero-order valence-corrected chi connectivity index (χ0v) is 14.4. The molecule has 0 aliphatic rings. The van der Waals surface area contributed by atoms with Crippen LogP contribution in [0, 0.1) is 0 Å². The summed E-state index contributed by atoms with van der Waals surface area (Å²) in [5.74, 6) is -0.597. The number of ether oxygens (including phenoxy) is 1. The maximum absolute atomic E-state index is 12.5. The summed E-state index contributed by atoms with van der Waals surface area (Å²) in [6.07, 6.45) is 0.369. The van der Waals surface area contributed by atoms with E-state index in [0.717, 1.165) is 11.3 Å². The molecule has 0 saturated heterocycles. The van der Waals surface area contributed by atoms with Gasteiger partial charge in [0, 0.05) is 13.5 Å². The first-order valence-corrected chi connectivity index (χ1v) is 7.89. The Bertz CT molecular complexity index is 708. The minimum Gasteiger partial charge on any atom is -0.467 e. The van der Waals surface area contributed by atoms with E-state index in [2.05, 4.69) is 10.4 Å². The summed E-state index contributed by atoms with van der Waals surface area (Å²) in [5.41, 5.74) is 2.20. The van der Waals surface area contributed by atoms with E-state index < -0.39 is 12.0 Å². The van der Waals surface area contributed by atoms with Gasteiger partial charge >= 0.3 is 5.97 Å². The molecule has 6 heteroatoms. The first-order valence-electron chi connectivity index (χ1n) is 7.89. The first-order chi connectivity index (χ1) is 11.4. The number of aryl methyl sites for hydroxylation is 1. The third-order valence-electron chi connectivity index (χ3n) is 3.80. The van der Waals surface area contributed by atoms with E-state index in [4.69, 9.17) is 4.74 Å². The normalized spacial score (nSPS) is 12.0. The number of methoxy groups -OCH3 is 1. The van der Waals surface area contributed by atoms with E-state index >= 15 is 0 Å². The van der Waals surface area contributed by atoms with E-state index in [-0.39, 0.29) is 11.8 Å². The molecule has 128 valence electrons. The molecule has 1 amide bonds. The van der Waals surface area contributed by atoms with Gasteiger partial charge in [0.2, 0.25) is 0 Å². The SMILES string of the molecule is COC(=O)[C@H](Cc1ccccc1)NC(=O)c1cc(C(C)C)nn1C. The van der Waals surface area contributed by atoms with Gasteiger partial charge in [-0.05, 0) is 17.5 Å². The highest BCUT2D eigenvalue weighted by Gasteiger charge is 2.24. The van der Waals surface area contributed by atoms with Gasteiger partial charge in [-0.2, -0.15) is 5.10 Å². The minimum atomic E-state index is -0.748. The van der Waals surface area contributed by atoms with Crippen LogP contribution in [0.25, 0.3) is 0 Å². The highest BCUT2D eigenvalue weighted by atomic mass is 16.5. The lowest BCUT2D eigenvalue weighted by Crippen LogP contribution is -2.43. The third kappa shape index (κ3) is 4.22. The van der Waals surface area contributed by atoms with Crippen molar-refractivity contribution in [1.82, 2.24) is 15.1 Å². The molecule has 1 aromatic heterocycles. The molecule has 0 aliphatic heterocycles. The molecule has 1 heterocycles. The molecular formula is C18H23N3O3. The van der Waals surface area contributed by atoms with Crippen molar-refractivity contribution in [3.63, 3.8) is 0 Å². The molecule has 2 aromatic rings. The number of hydrogen-bond acceptors (Lipinski definition) is 4. The molecule has 1 N–H and O–H groups in total. The van der Waals surface area contributed by atoms with Gasteiger partial charge in [-0.3, -0.25) is 9.48 Å². The fourth-order valence-corrected chi connectivity index (χ4v) is 2.40. The summed E-state index contributed by atoms with van der Waals surface area (Å²) in [7, 11) is 3.03. The fraction of sp³-hybridized carbons (Fsp3) is 0.389. The largest absolute Gasteiger partial charge is 0.467 e. The second-order valence-electron chi connectivity index (χ2n) is 5.97. The number of benzene rings is 1. The Morgan fingerprint density at radius 1 is 1.25 bits per heavy atom. The lowest BCUT2D eigenvalue weighted by atomic mass is 10.1. The molecule has 0 aliphatic carbocycles. The smallest absolute Gasteiger partial charge is 0.328 e. The van der Waals surface area contributed by atoms with Crippen LogP contribution in [0.3, 0.4) is 0 Å². The van der Waals surface area contributed by atoms with Gasteiger partial charge in [-0.15, -0.1) is 0 Å². The van der Waals surface area contributed by atoms with Crippen molar-refractivity contribution < 1.29 is 14.3 Å². The summed E-state index contributed by atoms with van der Waals surface area (Å²) in [6, 6.07) is 10.5. The molecule has 6 nitrogen and oxygen atoms in total. The molecule has 0 bridgehead atoms. The Morgan fingerprint density at radius 3 is 2.46 bits per heavy atom. The number of carbonyl (C=O) groups excluding carboxylic acids is 2. The van der Waals surface area contributed by atoms with Gasteiger partial charge < -0.3 is 10.1 Å². The number of aromatic nitrogens is 2. The van der Waals surface area contributed by atoms with Crippen LogP contribution in [0.15, 0.2) is 36.4 Å². The van der Waals surface area contributed by atoms with Crippen LogP contribution in [0.5, 0.6) is 0 Å². The summed E-state index contributed by atoms with van der Waals surface area (Å²) in [5, 5.41) is 7.08. The van der Waals surface area contributed by atoms with Gasteiger partial charge in [-0.25, -0.2) is 4.79 Å². The molecule has 1 atom stereocenters. The zero-order chi connectivity index (χ0) is 17.7. The first kappa shape index (κ1) is 17.7. The Morgan fingerprint density at radius 2 is 1.92 bits per heavy atom. The van der Waals surface area contributed by atoms with E-state index in [1.807, 2.05) is 44.2 Å². The van der Waals surface area contributed by atoms with E-state index in [1.165, 1.54) is 11.8 Å². The monoisotopic (exact) mass is 329 g/mol. The van der Waals surface area contributed by atoms with Crippen LogP contribution in [0.4, 0.5) is 0 Å². The number of rotatable bonds is 6. The van der Waals surface area contributed by atoms with Gasteiger partial charge in [0.05, 0.1) is 12.8 Å². The Hall–Kier alpha value is -2.63. The molecule has 24 heavy (non-hydrogen) atoms. The number of esters is 1. The van der Waals surface area contributed by atoms with Crippen molar-refractivity contribution >= 4 is 11.9 Å². The van der Waals surface area contributed by atoms with Gasteiger partial charge in [-0.1, -0.05) is 44.2 Å². The average Bonchev–Trinajstić information content (AvgIpc) is 2.96. The maximum Gasteiger partial charge on any atom is 0.328 e. The lowest BCUT2D eigenvalue weighted by molar-refractivity contribution is -0.142. The number of amides is 1. The van der Waals surface area contributed by atoms with E-state index in [9.17, 15) is 9.59 Å². The summed E-state index contributed by atoms with van der Waals surface area (Å²) >= 11 is 0. The predicted molar refractivity (Wildman–Crippen MR) is 90.7 cm³/mol. The van der Waals surface area contributed by atoms with Crippen LogP contribution >= 0.6 is 0 Å². The van der Waals surface area contributed by atoms with Crippen LogP contribution in [0.2, 0.25) is 0 Å². The van der Waals surface area contributed by atoms with Crippen molar-refractivity contribution in [2.75, 3.05) is 7.11 Å². The molecule has 0 unspecified atom stereocenters. The number of hydrogen-bond donors (Lipinski definition) is 1. The van der Waals surface area contributed by atoms with Crippen molar-refractivity contribution in [2.45, 2.75) is 32.2 Å². The number of nitrogens with zero attached hydrogens (tertiary/aromatic N) is 2. The van der Waals surface area contributed by atoms with Crippen molar-refractivity contribution in [1.29, 1.82) is 0 Å². The van der Waals surface area contributed by atoms with Crippen molar-refractivity contribution in [2.24, 2.45) is 7.05 Å². The standard InChI is InChI=1S/C18H23N3O3/c1-12(2)14-11-16(21(3)20-14)17(22)19-15(18(23)24-4)10-13-8-6-5-7-9-13/h5-9,11-12,15H,10H2,1-4H3,(H,19,22)/t15-/m0/s1. The molecule has 1 aromatic carbocycles. The van der Waals surface area contributed by atoms with Gasteiger partial charge in [0.1, 0.15) is 11.7 Å². The lowest BCUT2D eigenvalue weighted by Gasteiger charge is -2.16. The average molecular weight is 329 g/mol. The predicted octanol–water partition coefficient (Wildman–Crippen LogP) is 2.06. The number of nitrogens with one attached hydrogen (secondary N) is 1. The summed E-state index contributed by atoms with van der Waals surface area (Å²) in [6.45, 7) is 4.02. The molecular weight excluding hydrogens is 306 g/mol. The molecule has 0 spiro atoms. The van der Waals surface area contributed by atoms with Crippen LogP contribution in [-0.2, 0) is 23.0 Å². The van der Waals surface area contributed by atoms with E-state index in [1.54, 1.807) is 13.1 Å². The van der Waals surface area contributed by atoms with E-state index in [0.29, 0.717) is 12.1 Å². The number of carbonyl (C=O) groups is 2. The molecule has 0 radical (unpaired) electrons. The Labute approximate surface area is 141 Å². The zero-order valence-electron chi connectivity index (χ0n) is 14.4. The second-order valence-corrected chi connectivity index (χ2v) is 5.97. The highest BCUT2D eigenvalue weighted by molar-refractivity contribution is 5.95. The topological polar surface area (TPSA) is 73.2 Å². The molecule has 2 rings (SSSR count). The van der Waals surface area contributed by atoms with Crippen LogP contribution < -0.4 is 5.32 Å². The molecule has 0 saturated carbocycles. The summed E-state index contributed by atoms with van der Waals surface area (Å²) < 4.78 is 6.35. The van der Waals surface area contributed by atoms with Gasteiger partial charge in [0.25, 0.3) is 5.91 Å². The van der Waals surface area contributed by atoms with Crippen LogP contribution in [-0.4, -0.2) is 34.8 Å². The highest BCUT2D eigenvalue weighted by Crippen LogP contribution is 2.14. The fourth-order valence-electron chi connectivity index (χ4n) is 2.40. The third-order valence-corrected chi connectivity index (χ3v) is 3.80. The molecule has 0 fully saturated rings. The summed E-state index contributed by atoms with van der Waals surface area (Å²) in [4.78, 5) is 24.6. The minimum absolute atomic E-state index is 0.221. The van der Waals surface area contributed by atoms with Crippen LogP contribution in [0.1, 0.15) is 41.5 Å². The Balaban J connectivity index is 2.17. The second kappa shape index (κ2) is 7.77. The quantitative estimate of drug-likeness (QED) is 0.823.